The molecule has 3 rings (SSSR count). The summed E-state index contributed by atoms with van der Waals surface area (Å²) in [5.41, 5.74) is 8.88. The van der Waals surface area contributed by atoms with E-state index >= 15 is 0 Å². The van der Waals surface area contributed by atoms with Crippen LogP contribution < -0.4 is 16.4 Å². The van der Waals surface area contributed by atoms with E-state index in [1.165, 1.54) is 16.5 Å². The summed E-state index contributed by atoms with van der Waals surface area (Å²) >= 11 is 0. The van der Waals surface area contributed by atoms with Crippen molar-refractivity contribution < 1.29 is 9.21 Å². The molecule has 0 saturated heterocycles. The number of furan rings is 1. The normalized spacial score (nSPS) is 11.3. The van der Waals surface area contributed by atoms with E-state index in [9.17, 15) is 4.79 Å². The fourth-order valence-corrected chi connectivity index (χ4v) is 2.96. The molecule has 0 fully saturated rings. The molecular weight excluding hydrogens is 457 g/mol. The molecule has 0 spiro atoms. The third-order valence-corrected chi connectivity index (χ3v) is 4.24. The van der Waals surface area contributed by atoms with Crippen LogP contribution in [0.3, 0.4) is 0 Å². The van der Waals surface area contributed by atoms with Gasteiger partial charge in [0.25, 0.3) is 5.91 Å². The smallest absolute Gasteiger partial charge is 0.284 e. The molecule has 0 aliphatic heterocycles. The first-order valence-corrected chi connectivity index (χ1v) is 8.47. The SMILES string of the molecule is CN=C(NCCc1c[nH]c2cccc(C)c12)NCc1ccc(C(N)=O)o1.I. The van der Waals surface area contributed by atoms with Gasteiger partial charge in [-0.25, -0.2) is 0 Å². The maximum absolute atomic E-state index is 11.0. The van der Waals surface area contributed by atoms with Crippen molar-refractivity contribution in [3.05, 3.63) is 59.2 Å². The number of carbonyl (C=O) groups is 1. The number of benzene rings is 1. The van der Waals surface area contributed by atoms with E-state index in [0.29, 0.717) is 18.3 Å². The Morgan fingerprint density at radius 1 is 1.26 bits per heavy atom. The van der Waals surface area contributed by atoms with E-state index in [1.807, 2.05) is 0 Å². The van der Waals surface area contributed by atoms with Gasteiger partial charge in [-0.3, -0.25) is 9.79 Å². The van der Waals surface area contributed by atoms with Crippen molar-refractivity contribution in [2.45, 2.75) is 19.9 Å². The topological polar surface area (TPSA) is 108 Å². The number of aromatic amines is 1. The summed E-state index contributed by atoms with van der Waals surface area (Å²) in [6.07, 6.45) is 2.93. The number of halogens is 1. The number of fused-ring (bicyclic) bond motifs is 1. The lowest BCUT2D eigenvalue weighted by molar-refractivity contribution is 0.0972. The van der Waals surface area contributed by atoms with E-state index in [0.717, 1.165) is 18.5 Å². The summed E-state index contributed by atoms with van der Waals surface area (Å²) < 4.78 is 5.34. The van der Waals surface area contributed by atoms with Crippen molar-refractivity contribution in [2.24, 2.45) is 10.7 Å². The second kappa shape index (κ2) is 9.45. The van der Waals surface area contributed by atoms with Crippen LogP contribution >= 0.6 is 24.0 Å². The third-order valence-electron chi connectivity index (χ3n) is 4.24. The second-order valence-electron chi connectivity index (χ2n) is 6.04. The fraction of sp³-hybridized carbons (Fsp3) is 0.263. The maximum atomic E-state index is 11.0. The number of nitrogens with zero attached hydrogens (tertiary/aromatic N) is 1. The largest absolute Gasteiger partial charge is 0.454 e. The Morgan fingerprint density at radius 3 is 2.78 bits per heavy atom. The lowest BCUT2D eigenvalue weighted by Gasteiger charge is -2.11. The molecule has 0 bridgehead atoms. The predicted octanol–water partition coefficient (Wildman–Crippen LogP) is 2.69. The van der Waals surface area contributed by atoms with Gasteiger partial charge in [0.05, 0.1) is 6.54 Å². The highest BCUT2D eigenvalue weighted by molar-refractivity contribution is 14.0. The molecular formula is C19H24IN5O2. The molecule has 5 N–H and O–H groups in total. The molecule has 1 amide bonds. The van der Waals surface area contributed by atoms with Gasteiger partial charge in [0.1, 0.15) is 5.76 Å². The zero-order valence-corrected chi connectivity index (χ0v) is 17.7. The number of guanidine groups is 1. The molecule has 0 aliphatic rings. The molecule has 0 aliphatic carbocycles. The zero-order valence-electron chi connectivity index (χ0n) is 15.3. The van der Waals surface area contributed by atoms with Gasteiger partial charge in [0.15, 0.2) is 11.7 Å². The van der Waals surface area contributed by atoms with Crippen molar-refractivity contribution in [1.29, 1.82) is 0 Å². The standard InChI is InChI=1S/C19H23N5O2.HI/c1-12-4-3-5-15-17(12)13(10-23-15)8-9-22-19(21-2)24-11-14-6-7-16(26-14)18(20)25;/h3-7,10,23H,8-9,11H2,1-2H3,(H2,20,25)(H2,21,22,24);1H. The molecule has 1 aromatic carbocycles. The molecule has 0 atom stereocenters. The number of nitrogens with one attached hydrogen (secondary N) is 3. The van der Waals surface area contributed by atoms with Crippen molar-refractivity contribution >= 4 is 46.7 Å². The lowest BCUT2D eigenvalue weighted by atomic mass is 10.1. The Bertz CT molecular complexity index is 945. The number of nitrogens with two attached hydrogens (primary N) is 1. The molecule has 7 nitrogen and oxygen atoms in total. The number of primary amides is 1. The van der Waals surface area contributed by atoms with Crippen LogP contribution in [0.15, 0.2) is 45.9 Å². The summed E-state index contributed by atoms with van der Waals surface area (Å²) in [4.78, 5) is 18.6. The highest BCUT2D eigenvalue weighted by Crippen LogP contribution is 2.22. The number of aryl methyl sites for hydroxylation is 1. The van der Waals surface area contributed by atoms with E-state index in [2.05, 4.69) is 51.9 Å². The number of rotatable bonds is 6. The number of hydrogen-bond donors (Lipinski definition) is 4. The monoisotopic (exact) mass is 481 g/mol. The molecule has 2 heterocycles. The van der Waals surface area contributed by atoms with E-state index in [-0.39, 0.29) is 29.7 Å². The van der Waals surface area contributed by atoms with Crippen molar-refractivity contribution in [3.8, 4) is 0 Å². The molecule has 27 heavy (non-hydrogen) atoms. The first-order valence-electron chi connectivity index (χ1n) is 8.47. The van der Waals surface area contributed by atoms with Gasteiger partial charge in [-0.15, -0.1) is 24.0 Å². The highest BCUT2D eigenvalue weighted by Gasteiger charge is 2.08. The molecule has 0 radical (unpaired) electrons. The van der Waals surface area contributed by atoms with E-state index in [1.54, 1.807) is 19.2 Å². The van der Waals surface area contributed by atoms with Gasteiger partial charge in [-0.2, -0.15) is 0 Å². The number of hydrogen-bond acceptors (Lipinski definition) is 3. The molecule has 0 saturated carbocycles. The summed E-state index contributed by atoms with van der Waals surface area (Å²) in [7, 11) is 1.71. The molecule has 2 aromatic heterocycles. The van der Waals surface area contributed by atoms with Crippen molar-refractivity contribution in [3.63, 3.8) is 0 Å². The van der Waals surface area contributed by atoms with Gasteiger partial charge < -0.3 is 25.8 Å². The van der Waals surface area contributed by atoms with Crippen molar-refractivity contribution in [1.82, 2.24) is 15.6 Å². The first kappa shape index (κ1) is 20.8. The minimum atomic E-state index is -0.576. The fourth-order valence-electron chi connectivity index (χ4n) is 2.96. The Hall–Kier alpha value is -2.49. The number of aromatic nitrogens is 1. The maximum Gasteiger partial charge on any atom is 0.284 e. The van der Waals surface area contributed by atoms with Crippen LogP contribution in [0.25, 0.3) is 10.9 Å². The van der Waals surface area contributed by atoms with Crippen LogP contribution in [-0.4, -0.2) is 30.4 Å². The van der Waals surface area contributed by atoms with Gasteiger partial charge in [0, 0.05) is 30.7 Å². The minimum Gasteiger partial charge on any atom is -0.454 e. The van der Waals surface area contributed by atoms with Crippen LogP contribution in [0.5, 0.6) is 0 Å². The second-order valence-corrected chi connectivity index (χ2v) is 6.04. The molecule has 8 heteroatoms. The summed E-state index contributed by atoms with van der Waals surface area (Å²) in [5, 5.41) is 7.72. The average molecular weight is 481 g/mol. The van der Waals surface area contributed by atoms with Crippen LogP contribution in [0, 0.1) is 6.92 Å². The Balaban J connectivity index is 0.00000261. The number of carbonyl (C=O) groups excluding carboxylic acids is 1. The van der Waals surface area contributed by atoms with Crippen LogP contribution in [0.4, 0.5) is 0 Å². The average Bonchev–Trinajstić information content (AvgIpc) is 3.26. The van der Waals surface area contributed by atoms with Crippen LogP contribution in [0.1, 0.15) is 27.4 Å². The van der Waals surface area contributed by atoms with Crippen molar-refractivity contribution in [2.75, 3.05) is 13.6 Å². The quantitative estimate of drug-likeness (QED) is 0.247. The molecule has 3 aromatic rings. The van der Waals surface area contributed by atoms with Crippen LogP contribution in [0.2, 0.25) is 0 Å². The summed E-state index contributed by atoms with van der Waals surface area (Å²) in [5.74, 6) is 0.861. The highest BCUT2D eigenvalue weighted by atomic mass is 127. The first-order chi connectivity index (χ1) is 12.6. The van der Waals surface area contributed by atoms with Gasteiger partial charge in [-0.1, -0.05) is 12.1 Å². The molecule has 144 valence electrons. The predicted molar refractivity (Wildman–Crippen MR) is 118 cm³/mol. The Kier molecular flexibility index (Phi) is 7.28. The van der Waals surface area contributed by atoms with Gasteiger partial charge >= 0.3 is 0 Å². The Morgan fingerprint density at radius 2 is 2.07 bits per heavy atom. The van der Waals surface area contributed by atoms with E-state index < -0.39 is 5.91 Å². The van der Waals surface area contributed by atoms with Gasteiger partial charge in [0.2, 0.25) is 0 Å². The summed E-state index contributed by atoms with van der Waals surface area (Å²) in [6, 6.07) is 9.55. The number of aliphatic imine (C=N–C) groups is 1. The summed E-state index contributed by atoms with van der Waals surface area (Å²) in [6.45, 7) is 3.28. The molecule has 0 unspecified atom stereocenters. The third kappa shape index (κ3) is 5.03. The Labute approximate surface area is 174 Å². The number of amides is 1. The van der Waals surface area contributed by atoms with Crippen LogP contribution in [-0.2, 0) is 13.0 Å². The number of H-pyrrole nitrogens is 1. The zero-order chi connectivity index (χ0) is 18.5. The van der Waals surface area contributed by atoms with Gasteiger partial charge in [-0.05, 0) is 42.7 Å². The lowest BCUT2D eigenvalue weighted by Crippen LogP contribution is -2.37. The minimum absolute atomic E-state index is 0. The van der Waals surface area contributed by atoms with E-state index in [4.69, 9.17) is 10.2 Å².